The van der Waals surface area contributed by atoms with Gasteiger partial charge in [0.25, 0.3) is 0 Å². The third-order valence-electron chi connectivity index (χ3n) is 1.44. The highest BCUT2D eigenvalue weighted by atomic mass is 13.9. The van der Waals surface area contributed by atoms with Crippen molar-refractivity contribution in [1.82, 2.24) is 0 Å². The smallest absolute Gasteiger partial charge is 0.0311 e. The highest BCUT2D eigenvalue weighted by Crippen LogP contribution is 2.03. The lowest BCUT2D eigenvalue weighted by Crippen LogP contribution is -1.73. The molecule has 0 aromatic heterocycles. The molecule has 0 radical (unpaired) electrons. The van der Waals surface area contributed by atoms with Crippen LogP contribution in [0.4, 0.5) is 0 Å². The van der Waals surface area contributed by atoms with Crippen LogP contribution < -0.4 is 0 Å². The molecule has 0 aliphatic carbocycles. The SMILES string of the molecule is C=C.CC/C=C\C(=C/CC)CC. The van der Waals surface area contributed by atoms with Gasteiger partial charge in [0.1, 0.15) is 0 Å². The summed E-state index contributed by atoms with van der Waals surface area (Å²) >= 11 is 0. The molecule has 0 aliphatic heterocycles. The van der Waals surface area contributed by atoms with Crippen molar-refractivity contribution in [3.8, 4) is 0 Å². The van der Waals surface area contributed by atoms with E-state index >= 15 is 0 Å². The predicted molar refractivity (Wildman–Crippen MR) is 59.4 cm³/mol. The zero-order valence-electron chi connectivity index (χ0n) is 8.77. The van der Waals surface area contributed by atoms with E-state index < -0.39 is 0 Å². The van der Waals surface area contributed by atoms with Gasteiger partial charge in [-0.1, -0.05) is 44.6 Å². The summed E-state index contributed by atoms with van der Waals surface area (Å²) in [5.41, 5.74) is 1.46. The average Bonchev–Trinajstić information content (AvgIpc) is 2.15. The van der Waals surface area contributed by atoms with Gasteiger partial charge in [-0.3, -0.25) is 0 Å². The van der Waals surface area contributed by atoms with Crippen LogP contribution in [0.1, 0.15) is 40.0 Å². The molecule has 12 heavy (non-hydrogen) atoms. The zero-order valence-corrected chi connectivity index (χ0v) is 8.77. The summed E-state index contributed by atoms with van der Waals surface area (Å²) in [6, 6.07) is 0. The second-order valence-electron chi connectivity index (χ2n) is 2.35. The van der Waals surface area contributed by atoms with E-state index in [9.17, 15) is 0 Å². The van der Waals surface area contributed by atoms with E-state index in [4.69, 9.17) is 0 Å². The topological polar surface area (TPSA) is 0 Å². The second kappa shape index (κ2) is 12.9. The zero-order chi connectivity index (χ0) is 9.82. The average molecular weight is 166 g/mol. The van der Waals surface area contributed by atoms with Gasteiger partial charge in [-0.2, -0.15) is 0 Å². The van der Waals surface area contributed by atoms with Gasteiger partial charge in [-0.25, -0.2) is 0 Å². The summed E-state index contributed by atoms with van der Waals surface area (Å²) in [5, 5.41) is 0. The first kappa shape index (κ1) is 13.8. The highest BCUT2D eigenvalue weighted by molar-refractivity contribution is 5.17. The Labute approximate surface area is 77.7 Å². The number of allylic oxidation sites excluding steroid dienone is 4. The third-order valence-corrected chi connectivity index (χ3v) is 1.44. The molecule has 0 unspecified atom stereocenters. The number of hydrogen-bond donors (Lipinski definition) is 0. The van der Waals surface area contributed by atoms with Crippen LogP contribution in [0.5, 0.6) is 0 Å². The maximum absolute atomic E-state index is 3.00. The Hall–Kier alpha value is -0.780. The molecule has 0 heterocycles. The van der Waals surface area contributed by atoms with Crippen LogP contribution in [0, 0.1) is 0 Å². The van der Waals surface area contributed by atoms with Gasteiger partial charge < -0.3 is 0 Å². The highest BCUT2D eigenvalue weighted by Gasteiger charge is 1.83. The minimum Gasteiger partial charge on any atom is -0.106 e. The molecule has 0 atom stereocenters. The minimum atomic E-state index is 1.14. The summed E-state index contributed by atoms with van der Waals surface area (Å²) < 4.78 is 0. The van der Waals surface area contributed by atoms with Crippen LogP contribution in [0.25, 0.3) is 0 Å². The first-order valence-electron chi connectivity index (χ1n) is 4.70. The summed E-state index contributed by atoms with van der Waals surface area (Å²) in [6.45, 7) is 12.5. The van der Waals surface area contributed by atoms with E-state index in [-0.39, 0.29) is 0 Å². The largest absolute Gasteiger partial charge is 0.106 e. The Kier molecular flexibility index (Phi) is 14.8. The fourth-order valence-electron chi connectivity index (χ4n) is 0.862. The van der Waals surface area contributed by atoms with Crippen molar-refractivity contribution in [2.24, 2.45) is 0 Å². The lowest BCUT2D eigenvalue weighted by atomic mass is 10.1. The molecule has 0 aromatic carbocycles. The summed E-state index contributed by atoms with van der Waals surface area (Å²) in [6.07, 6.45) is 10.2. The van der Waals surface area contributed by atoms with Gasteiger partial charge in [0.15, 0.2) is 0 Å². The molecule has 0 saturated carbocycles. The molecule has 0 amide bonds. The van der Waals surface area contributed by atoms with E-state index in [1.165, 1.54) is 5.57 Å². The summed E-state index contributed by atoms with van der Waals surface area (Å²) in [5.74, 6) is 0. The van der Waals surface area contributed by atoms with Crippen LogP contribution in [0.2, 0.25) is 0 Å². The molecule has 0 fully saturated rings. The van der Waals surface area contributed by atoms with Gasteiger partial charge in [-0.15, -0.1) is 13.2 Å². The standard InChI is InChI=1S/C10H18.C2H4/c1-4-7-9-10(6-3)8-5-2;1-2/h7-9H,4-6H2,1-3H3;1-2H2/b9-7-,10-8-;. The molecule has 0 saturated heterocycles. The Bertz CT molecular complexity index is 129. The molecule has 0 aliphatic rings. The Balaban J connectivity index is 0. The van der Waals surface area contributed by atoms with E-state index in [1.54, 1.807) is 0 Å². The Morgan fingerprint density at radius 1 is 1.08 bits per heavy atom. The van der Waals surface area contributed by atoms with Crippen molar-refractivity contribution in [2.45, 2.75) is 40.0 Å². The second-order valence-corrected chi connectivity index (χ2v) is 2.35. The monoisotopic (exact) mass is 166 g/mol. The van der Waals surface area contributed by atoms with Crippen LogP contribution in [-0.2, 0) is 0 Å². The molecule has 0 N–H and O–H groups in total. The van der Waals surface area contributed by atoms with Crippen LogP contribution >= 0.6 is 0 Å². The quantitative estimate of drug-likeness (QED) is 0.426. The minimum absolute atomic E-state index is 1.14. The van der Waals surface area contributed by atoms with Crippen LogP contribution in [-0.4, -0.2) is 0 Å². The van der Waals surface area contributed by atoms with Crippen LogP contribution in [0.15, 0.2) is 37.0 Å². The molecule has 0 nitrogen and oxygen atoms in total. The van der Waals surface area contributed by atoms with Crippen molar-refractivity contribution < 1.29 is 0 Å². The molecule has 70 valence electrons. The van der Waals surface area contributed by atoms with E-state index in [0.29, 0.717) is 0 Å². The fourth-order valence-corrected chi connectivity index (χ4v) is 0.862. The lowest BCUT2D eigenvalue weighted by Gasteiger charge is -1.93. The van der Waals surface area contributed by atoms with Gasteiger partial charge in [0.2, 0.25) is 0 Å². The molecule has 0 aromatic rings. The van der Waals surface area contributed by atoms with Crippen molar-refractivity contribution in [3.63, 3.8) is 0 Å². The molecule has 0 spiro atoms. The lowest BCUT2D eigenvalue weighted by molar-refractivity contribution is 1.09. The van der Waals surface area contributed by atoms with E-state index in [0.717, 1.165) is 19.3 Å². The van der Waals surface area contributed by atoms with Crippen molar-refractivity contribution >= 4 is 0 Å². The molecular formula is C12H22. The molecular weight excluding hydrogens is 144 g/mol. The van der Waals surface area contributed by atoms with E-state index in [1.807, 2.05) is 0 Å². The number of hydrogen-bond acceptors (Lipinski definition) is 0. The maximum atomic E-state index is 3.00. The van der Waals surface area contributed by atoms with Gasteiger partial charge in [-0.05, 0) is 19.3 Å². The van der Waals surface area contributed by atoms with Crippen molar-refractivity contribution in [2.75, 3.05) is 0 Å². The summed E-state index contributed by atoms with van der Waals surface area (Å²) in [4.78, 5) is 0. The van der Waals surface area contributed by atoms with Gasteiger partial charge in [0, 0.05) is 0 Å². The van der Waals surface area contributed by atoms with Crippen molar-refractivity contribution in [3.05, 3.63) is 37.0 Å². The van der Waals surface area contributed by atoms with E-state index in [2.05, 4.69) is 52.2 Å². The molecule has 0 rings (SSSR count). The third kappa shape index (κ3) is 9.22. The first-order chi connectivity index (χ1) is 5.85. The predicted octanol–water partition coefficient (Wildman–Crippen LogP) is 4.50. The van der Waals surface area contributed by atoms with Crippen LogP contribution in [0.3, 0.4) is 0 Å². The normalized spacial score (nSPS) is 11.1. The Morgan fingerprint density at radius 2 is 1.67 bits per heavy atom. The summed E-state index contributed by atoms with van der Waals surface area (Å²) in [7, 11) is 0. The fraction of sp³-hybridized carbons (Fsp3) is 0.500. The number of rotatable bonds is 4. The first-order valence-corrected chi connectivity index (χ1v) is 4.70. The van der Waals surface area contributed by atoms with Gasteiger partial charge in [0.05, 0.1) is 0 Å². The molecule has 0 heteroatoms. The molecule has 0 bridgehead atoms. The van der Waals surface area contributed by atoms with Gasteiger partial charge >= 0.3 is 0 Å². The maximum Gasteiger partial charge on any atom is -0.0311 e. The van der Waals surface area contributed by atoms with Crippen molar-refractivity contribution in [1.29, 1.82) is 0 Å². The Morgan fingerprint density at radius 3 is 2.00 bits per heavy atom.